The summed E-state index contributed by atoms with van der Waals surface area (Å²) in [4.78, 5) is 35.1. The molecule has 1 aromatic rings. The molecule has 1 aliphatic rings. The van der Waals surface area contributed by atoms with Gasteiger partial charge in [-0.1, -0.05) is 0 Å². The van der Waals surface area contributed by atoms with Crippen LogP contribution in [0.1, 0.15) is 10.4 Å². The Bertz CT molecular complexity index is 558. The quantitative estimate of drug-likeness (QED) is 0.683. The fourth-order valence-electron chi connectivity index (χ4n) is 1.74. The summed E-state index contributed by atoms with van der Waals surface area (Å²) in [5.74, 6) is -2.98. The van der Waals surface area contributed by atoms with Gasteiger partial charge < -0.3 is 16.4 Å². The molecule has 18 heavy (non-hydrogen) atoms. The Morgan fingerprint density at radius 3 is 2.67 bits per heavy atom. The molecule has 0 saturated heterocycles. The Morgan fingerprint density at radius 2 is 2.06 bits per heavy atom. The van der Waals surface area contributed by atoms with Crippen LogP contribution < -0.4 is 16.4 Å². The van der Waals surface area contributed by atoms with Gasteiger partial charge in [-0.2, -0.15) is 0 Å². The topological polar surface area (TPSA) is 106 Å². The van der Waals surface area contributed by atoms with Gasteiger partial charge in [0.2, 0.25) is 5.91 Å². The molecular formula is C11H10FN3O3. The summed E-state index contributed by atoms with van der Waals surface area (Å²) in [7, 11) is 0. The van der Waals surface area contributed by atoms with Crippen LogP contribution in [0, 0.1) is 5.82 Å². The van der Waals surface area contributed by atoms with E-state index in [4.69, 9.17) is 11.5 Å². The second-order valence-corrected chi connectivity index (χ2v) is 3.92. The van der Waals surface area contributed by atoms with E-state index in [1.165, 1.54) is 6.07 Å². The maximum absolute atomic E-state index is 13.1. The molecule has 0 aliphatic carbocycles. The Balaban J connectivity index is 2.39. The van der Waals surface area contributed by atoms with Crippen molar-refractivity contribution in [2.45, 2.75) is 6.04 Å². The molecule has 1 aromatic carbocycles. The van der Waals surface area contributed by atoms with Crippen molar-refractivity contribution in [3.05, 3.63) is 29.6 Å². The van der Waals surface area contributed by atoms with Crippen LogP contribution in [0.2, 0.25) is 0 Å². The molecule has 6 nitrogen and oxygen atoms in total. The number of ketones is 1. The van der Waals surface area contributed by atoms with E-state index < -0.39 is 29.5 Å². The lowest BCUT2D eigenvalue weighted by Gasteiger charge is -2.19. The van der Waals surface area contributed by atoms with Gasteiger partial charge in [0, 0.05) is 0 Å². The number of hydrogen-bond donors (Lipinski definition) is 2. The van der Waals surface area contributed by atoms with E-state index in [1.54, 1.807) is 0 Å². The van der Waals surface area contributed by atoms with E-state index in [0.717, 1.165) is 17.0 Å². The molecule has 94 valence electrons. The summed E-state index contributed by atoms with van der Waals surface area (Å²) in [5, 5.41) is 0. The Morgan fingerprint density at radius 1 is 1.39 bits per heavy atom. The van der Waals surface area contributed by atoms with Crippen LogP contribution in [0.15, 0.2) is 18.2 Å². The summed E-state index contributed by atoms with van der Waals surface area (Å²) >= 11 is 0. The normalized spacial score (nSPS) is 15.8. The highest BCUT2D eigenvalue weighted by Gasteiger charge is 2.37. The van der Waals surface area contributed by atoms with Gasteiger partial charge in [0.05, 0.1) is 17.8 Å². The van der Waals surface area contributed by atoms with E-state index >= 15 is 0 Å². The summed E-state index contributed by atoms with van der Waals surface area (Å²) in [6.45, 7) is -0.254. The second-order valence-electron chi connectivity index (χ2n) is 3.92. The Kier molecular flexibility index (Phi) is 2.84. The predicted molar refractivity (Wildman–Crippen MR) is 60.3 cm³/mol. The summed E-state index contributed by atoms with van der Waals surface area (Å²) < 4.78 is 13.1. The lowest BCUT2D eigenvalue weighted by Crippen LogP contribution is -2.47. The highest BCUT2D eigenvalue weighted by atomic mass is 19.1. The number of anilines is 1. The molecular weight excluding hydrogens is 241 g/mol. The van der Waals surface area contributed by atoms with Crippen LogP contribution in [0.25, 0.3) is 0 Å². The number of nitrogens with zero attached hydrogens (tertiary/aromatic N) is 1. The van der Waals surface area contributed by atoms with E-state index in [0.29, 0.717) is 0 Å². The number of amides is 2. The molecule has 7 heteroatoms. The van der Waals surface area contributed by atoms with Crippen molar-refractivity contribution >= 4 is 23.3 Å². The second kappa shape index (κ2) is 4.19. The maximum Gasteiger partial charge on any atom is 0.299 e. The Hall–Kier alpha value is -2.28. The average molecular weight is 251 g/mol. The zero-order chi connectivity index (χ0) is 13.4. The molecule has 4 N–H and O–H groups in total. The van der Waals surface area contributed by atoms with Crippen molar-refractivity contribution < 1.29 is 18.8 Å². The van der Waals surface area contributed by atoms with E-state index in [-0.39, 0.29) is 17.8 Å². The van der Waals surface area contributed by atoms with Crippen LogP contribution in [-0.4, -0.2) is 30.2 Å². The SMILES string of the molecule is NC(=O)C(N)CN1C(=O)C(=O)c2ccc(F)cc21. The van der Waals surface area contributed by atoms with Gasteiger partial charge in [-0.15, -0.1) is 0 Å². The van der Waals surface area contributed by atoms with Crippen molar-refractivity contribution in [2.24, 2.45) is 11.5 Å². The van der Waals surface area contributed by atoms with Crippen LogP contribution in [0.4, 0.5) is 10.1 Å². The minimum absolute atomic E-state index is 0.0954. The first kappa shape index (κ1) is 12.2. The number of primary amides is 1. The lowest BCUT2D eigenvalue weighted by molar-refractivity contribution is -0.119. The van der Waals surface area contributed by atoms with Gasteiger partial charge in [0.1, 0.15) is 11.9 Å². The molecule has 1 atom stereocenters. The van der Waals surface area contributed by atoms with Crippen molar-refractivity contribution in [1.82, 2.24) is 0 Å². The maximum atomic E-state index is 13.1. The smallest absolute Gasteiger partial charge is 0.299 e. The first-order valence-corrected chi connectivity index (χ1v) is 5.12. The number of nitrogens with two attached hydrogens (primary N) is 2. The van der Waals surface area contributed by atoms with Crippen LogP contribution in [0.5, 0.6) is 0 Å². The molecule has 0 radical (unpaired) electrons. The van der Waals surface area contributed by atoms with Crippen molar-refractivity contribution in [2.75, 3.05) is 11.4 Å². The monoisotopic (exact) mass is 251 g/mol. The van der Waals surface area contributed by atoms with Gasteiger partial charge in [0.25, 0.3) is 11.7 Å². The Labute approximate surface area is 101 Å². The zero-order valence-electron chi connectivity index (χ0n) is 9.22. The standard InChI is InChI=1S/C11H10FN3O3/c12-5-1-2-6-8(3-5)15(11(18)9(6)16)4-7(13)10(14)17/h1-3,7H,4,13H2,(H2,14,17). The lowest BCUT2D eigenvalue weighted by atomic mass is 10.1. The van der Waals surface area contributed by atoms with Gasteiger partial charge in [-0.25, -0.2) is 4.39 Å². The van der Waals surface area contributed by atoms with Gasteiger partial charge in [-0.05, 0) is 18.2 Å². The van der Waals surface area contributed by atoms with Gasteiger partial charge >= 0.3 is 0 Å². The minimum Gasteiger partial charge on any atom is -0.368 e. The molecule has 1 heterocycles. The van der Waals surface area contributed by atoms with Crippen LogP contribution in [-0.2, 0) is 9.59 Å². The van der Waals surface area contributed by atoms with Crippen molar-refractivity contribution in [3.63, 3.8) is 0 Å². The molecule has 0 aromatic heterocycles. The van der Waals surface area contributed by atoms with Gasteiger partial charge in [0.15, 0.2) is 0 Å². The number of hydrogen-bond acceptors (Lipinski definition) is 4. The van der Waals surface area contributed by atoms with Crippen molar-refractivity contribution in [3.8, 4) is 0 Å². The minimum atomic E-state index is -1.11. The summed E-state index contributed by atoms with van der Waals surface area (Å²) in [5.41, 5.74) is 10.6. The van der Waals surface area contributed by atoms with E-state index in [2.05, 4.69) is 0 Å². The largest absolute Gasteiger partial charge is 0.368 e. The van der Waals surface area contributed by atoms with Crippen molar-refractivity contribution in [1.29, 1.82) is 0 Å². The fourth-order valence-corrected chi connectivity index (χ4v) is 1.74. The first-order chi connectivity index (χ1) is 8.41. The number of carbonyl (C=O) groups is 3. The average Bonchev–Trinajstić information content (AvgIpc) is 2.54. The number of halogens is 1. The van der Waals surface area contributed by atoms with E-state index in [1.807, 2.05) is 0 Å². The van der Waals surface area contributed by atoms with E-state index in [9.17, 15) is 18.8 Å². The fraction of sp³-hybridized carbons (Fsp3) is 0.182. The molecule has 0 saturated carbocycles. The molecule has 2 rings (SSSR count). The summed E-state index contributed by atoms with van der Waals surface area (Å²) in [6, 6.07) is 2.24. The zero-order valence-corrected chi connectivity index (χ0v) is 9.22. The summed E-state index contributed by atoms with van der Waals surface area (Å²) in [6.07, 6.45) is 0. The number of Topliss-reactive ketones (excluding diaryl/α,β-unsaturated/α-hetero) is 1. The molecule has 0 spiro atoms. The van der Waals surface area contributed by atoms with Gasteiger partial charge in [-0.3, -0.25) is 14.4 Å². The number of carbonyl (C=O) groups excluding carboxylic acids is 3. The first-order valence-electron chi connectivity index (χ1n) is 5.12. The highest BCUT2D eigenvalue weighted by molar-refractivity contribution is 6.52. The molecule has 1 aliphatic heterocycles. The molecule has 2 amide bonds. The van der Waals surface area contributed by atoms with Crippen LogP contribution >= 0.6 is 0 Å². The molecule has 0 bridgehead atoms. The third-order valence-corrected chi connectivity index (χ3v) is 2.68. The number of fused-ring (bicyclic) bond motifs is 1. The van der Waals surface area contributed by atoms with Crippen LogP contribution in [0.3, 0.4) is 0 Å². The number of benzene rings is 1. The highest BCUT2D eigenvalue weighted by Crippen LogP contribution is 2.29. The molecule has 0 fully saturated rings. The third kappa shape index (κ3) is 1.84. The third-order valence-electron chi connectivity index (χ3n) is 2.68. The predicted octanol–water partition coefficient (Wildman–Crippen LogP) is -0.832. The molecule has 1 unspecified atom stereocenters. The number of rotatable bonds is 3.